The van der Waals surface area contributed by atoms with E-state index in [0.29, 0.717) is 10.6 Å². The minimum atomic E-state index is -0.711. The Labute approximate surface area is 215 Å². The number of benzene rings is 1. The second kappa shape index (κ2) is 10.8. The number of ether oxygens (including phenoxy) is 1. The van der Waals surface area contributed by atoms with Crippen molar-refractivity contribution in [2.45, 2.75) is 32.6 Å². The molecule has 1 N–H and O–H groups in total. The van der Waals surface area contributed by atoms with Gasteiger partial charge >= 0.3 is 5.97 Å². The molecule has 2 aromatic heterocycles. The maximum Gasteiger partial charge on any atom is 0.341 e. The van der Waals surface area contributed by atoms with Crippen molar-refractivity contribution in [2.24, 2.45) is 0 Å². The first kappa shape index (κ1) is 25.2. The molecule has 36 heavy (non-hydrogen) atoms. The molecule has 1 aliphatic rings. The third-order valence-electron chi connectivity index (χ3n) is 5.58. The van der Waals surface area contributed by atoms with E-state index in [1.807, 2.05) is 6.07 Å². The number of aryl methyl sites for hydroxylation is 1. The molecule has 4 rings (SSSR count). The molecule has 0 radical (unpaired) electrons. The monoisotopic (exact) mass is 525 g/mol. The van der Waals surface area contributed by atoms with E-state index >= 15 is 0 Å². The first-order valence-electron chi connectivity index (χ1n) is 11.1. The van der Waals surface area contributed by atoms with Crippen LogP contribution in [0.4, 0.5) is 10.7 Å². The largest absolute Gasteiger partial charge is 0.462 e. The fourth-order valence-corrected chi connectivity index (χ4v) is 5.41. The van der Waals surface area contributed by atoms with Crippen LogP contribution in [-0.2, 0) is 22.4 Å². The van der Waals surface area contributed by atoms with Crippen LogP contribution in [0.1, 0.15) is 46.3 Å². The number of nitro benzene ring substituents is 1. The normalized spacial score (nSPS) is 13.0. The Balaban J connectivity index is 1.62. The Morgan fingerprint density at radius 1 is 1.31 bits per heavy atom. The van der Waals surface area contributed by atoms with Crippen molar-refractivity contribution in [3.8, 4) is 17.4 Å². The number of nitrogens with one attached hydrogen (secondary N) is 1. The first-order chi connectivity index (χ1) is 17.3. The van der Waals surface area contributed by atoms with Crippen molar-refractivity contribution in [3.63, 3.8) is 0 Å². The van der Waals surface area contributed by atoms with Crippen LogP contribution < -0.4 is 5.32 Å². The van der Waals surface area contributed by atoms with Gasteiger partial charge in [-0.05, 0) is 62.4 Å². The maximum absolute atomic E-state index is 13.0. The van der Waals surface area contributed by atoms with Crippen LogP contribution in [0, 0.1) is 21.4 Å². The van der Waals surface area contributed by atoms with E-state index in [1.54, 1.807) is 6.92 Å². The molecule has 184 valence electrons. The van der Waals surface area contributed by atoms with Crippen LogP contribution in [0.3, 0.4) is 0 Å². The molecule has 0 bridgehead atoms. The number of hydrogen-bond donors (Lipinski definition) is 1. The molecule has 0 fully saturated rings. The average molecular weight is 526 g/mol. The zero-order valence-corrected chi connectivity index (χ0v) is 20.7. The van der Waals surface area contributed by atoms with Crippen LogP contribution in [0.25, 0.3) is 17.4 Å². The second-order valence-corrected chi connectivity index (χ2v) is 9.42. The SMILES string of the molecule is CCOC(=O)c1c(NC(=O)C(C#N)=Cc2ccc(-c3ccc(Cl)cc3[N+](=O)[O-])o2)sc2c1CCCC2. The van der Waals surface area contributed by atoms with Gasteiger partial charge in [0.1, 0.15) is 28.2 Å². The minimum Gasteiger partial charge on any atom is -0.462 e. The number of fused-ring (bicyclic) bond motifs is 1. The van der Waals surface area contributed by atoms with E-state index in [-0.39, 0.29) is 40.0 Å². The van der Waals surface area contributed by atoms with Gasteiger partial charge in [0.15, 0.2) is 0 Å². The van der Waals surface area contributed by atoms with E-state index < -0.39 is 16.8 Å². The van der Waals surface area contributed by atoms with Gasteiger partial charge in [-0.15, -0.1) is 11.3 Å². The van der Waals surface area contributed by atoms with Gasteiger partial charge in [0.05, 0.1) is 22.7 Å². The zero-order valence-electron chi connectivity index (χ0n) is 19.1. The number of furan rings is 1. The van der Waals surface area contributed by atoms with Crippen LogP contribution >= 0.6 is 22.9 Å². The highest BCUT2D eigenvalue weighted by Crippen LogP contribution is 2.39. The van der Waals surface area contributed by atoms with Gasteiger partial charge in [-0.25, -0.2) is 4.79 Å². The minimum absolute atomic E-state index is 0.150. The number of nitriles is 1. The summed E-state index contributed by atoms with van der Waals surface area (Å²) in [5, 5.41) is 24.3. The predicted octanol–water partition coefficient (Wildman–Crippen LogP) is 6.17. The molecular weight excluding hydrogens is 506 g/mol. The number of nitro groups is 1. The molecular formula is C25H20ClN3O6S. The summed E-state index contributed by atoms with van der Waals surface area (Å²) in [6.07, 6.45) is 4.72. The molecule has 0 unspecified atom stereocenters. The molecule has 0 spiro atoms. The lowest BCUT2D eigenvalue weighted by Crippen LogP contribution is -2.16. The standard InChI is InChI=1S/C25H20ClN3O6S/c1-2-34-25(31)22-18-5-3-4-6-21(18)36-24(22)28-23(30)14(13-27)11-16-8-10-20(35-16)17-9-7-15(26)12-19(17)29(32)33/h7-12H,2-6H2,1H3,(H,28,30). The highest BCUT2D eigenvalue weighted by molar-refractivity contribution is 7.17. The van der Waals surface area contributed by atoms with Crippen molar-refractivity contribution >= 4 is 51.6 Å². The van der Waals surface area contributed by atoms with Crippen LogP contribution in [0.5, 0.6) is 0 Å². The molecule has 9 nitrogen and oxygen atoms in total. The molecule has 11 heteroatoms. The lowest BCUT2D eigenvalue weighted by molar-refractivity contribution is -0.384. The zero-order chi connectivity index (χ0) is 25.8. The average Bonchev–Trinajstić information content (AvgIpc) is 3.46. The van der Waals surface area contributed by atoms with Crippen molar-refractivity contribution < 1.29 is 23.7 Å². The Morgan fingerprint density at radius 2 is 2.08 bits per heavy atom. The molecule has 1 aliphatic carbocycles. The first-order valence-corrected chi connectivity index (χ1v) is 12.3. The number of hydrogen-bond acceptors (Lipinski definition) is 8. The third kappa shape index (κ3) is 5.17. The second-order valence-electron chi connectivity index (χ2n) is 7.88. The summed E-state index contributed by atoms with van der Waals surface area (Å²) in [6.45, 7) is 1.91. The predicted molar refractivity (Wildman–Crippen MR) is 135 cm³/mol. The maximum atomic E-state index is 13.0. The van der Waals surface area contributed by atoms with Crippen molar-refractivity contribution in [2.75, 3.05) is 11.9 Å². The highest BCUT2D eigenvalue weighted by atomic mass is 35.5. The Hall–Kier alpha value is -3.94. The quantitative estimate of drug-likeness (QED) is 0.128. The van der Waals surface area contributed by atoms with Gasteiger partial charge in [-0.3, -0.25) is 14.9 Å². The van der Waals surface area contributed by atoms with E-state index in [2.05, 4.69) is 5.32 Å². The van der Waals surface area contributed by atoms with Crippen molar-refractivity contribution in [1.29, 1.82) is 5.26 Å². The number of thiophene rings is 1. The van der Waals surface area contributed by atoms with Crippen LogP contribution in [0.15, 0.2) is 40.3 Å². The lowest BCUT2D eigenvalue weighted by Gasteiger charge is -2.12. The van der Waals surface area contributed by atoms with Gasteiger partial charge in [-0.2, -0.15) is 5.26 Å². The lowest BCUT2D eigenvalue weighted by atomic mass is 9.95. The molecule has 0 saturated carbocycles. The Kier molecular flexibility index (Phi) is 7.52. The number of anilines is 1. The topological polar surface area (TPSA) is 135 Å². The number of carbonyl (C=O) groups is 2. The molecule has 2 heterocycles. The fourth-order valence-electron chi connectivity index (χ4n) is 3.97. The highest BCUT2D eigenvalue weighted by Gasteiger charge is 2.28. The van der Waals surface area contributed by atoms with E-state index in [0.717, 1.165) is 36.1 Å². The summed E-state index contributed by atoms with van der Waals surface area (Å²) in [6, 6.07) is 9.01. The summed E-state index contributed by atoms with van der Waals surface area (Å²) in [7, 11) is 0. The molecule has 1 aromatic carbocycles. The summed E-state index contributed by atoms with van der Waals surface area (Å²) < 4.78 is 10.9. The van der Waals surface area contributed by atoms with Crippen molar-refractivity contribution in [3.05, 3.63) is 72.8 Å². The van der Waals surface area contributed by atoms with E-state index in [1.165, 1.54) is 47.7 Å². The summed E-state index contributed by atoms with van der Waals surface area (Å²) in [5.74, 6) is -0.887. The number of nitrogens with zero attached hydrogens (tertiary/aromatic N) is 2. The third-order valence-corrected chi connectivity index (χ3v) is 7.02. The number of rotatable bonds is 7. The van der Waals surface area contributed by atoms with Gasteiger partial charge in [0.25, 0.3) is 11.6 Å². The van der Waals surface area contributed by atoms with Crippen molar-refractivity contribution in [1.82, 2.24) is 0 Å². The molecule has 1 amide bonds. The van der Waals surface area contributed by atoms with Gasteiger partial charge in [0.2, 0.25) is 0 Å². The molecule has 0 saturated heterocycles. The Morgan fingerprint density at radius 3 is 2.81 bits per heavy atom. The van der Waals surface area contributed by atoms with Crippen LogP contribution in [0.2, 0.25) is 5.02 Å². The number of esters is 1. The van der Waals surface area contributed by atoms with E-state index in [9.17, 15) is 25.0 Å². The summed E-state index contributed by atoms with van der Waals surface area (Å²) in [5.41, 5.74) is 0.942. The molecule has 3 aromatic rings. The number of carbonyl (C=O) groups excluding carboxylic acids is 2. The molecule has 0 aliphatic heterocycles. The van der Waals surface area contributed by atoms with E-state index in [4.69, 9.17) is 20.8 Å². The molecule has 0 atom stereocenters. The van der Waals surface area contributed by atoms with Gasteiger partial charge in [0, 0.05) is 22.0 Å². The number of amides is 1. The summed E-state index contributed by atoms with van der Waals surface area (Å²) >= 11 is 7.19. The van der Waals surface area contributed by atoms with Gasteiger partial charge < -0.3 is 14.5 Å². The summed E-state index contributed by atoms with van der Waals surface area (Å²) in [4.78, 5) is 37.4. The fraction of sp³-hybridized carbons (Fsp3) is 0.240. The Bertz CT molecular complexity index is 1430. The van der Waals surface area contributed by atoms with Gasteiger partial charge in [-0.1, -0.05) is 11.6 Å². The van der Waals surface area contributed by atoms with Crippen LogP contribution in [-0.4, -0.2) is 23.4 Å². The smallest absolute Gasteiger partial charge is 0.341 e. The number of halogens is 1.